The van der Waals surface area contributed by atoms with Gasteiger partial charge >= 0.3 is 5.97 Å². The molecule has 0 unspecified atom stereocenters. The lowest BCUT2D eigenvalue weighted by molar-refractivity contribution is -0.384. The monoisotopic (exact) mass is 455 g/mol. The van der Waals surface area contributed by atoms with Crippen LogP contribution >= 0.6 is 11.6 Å². The van der Waals surface area contributed by atoms with Crippen LogP contribution < -0.4 is 5.32 Å². The maximum absolute atomic E-state index is 12.5. The van der Waals surface area contributed by atoms with Gasteiger partial charge in [-0.1, -0.05) is 29.3 Å². The van der Waals surface area contributed by atoms with E-state index >= 15 is 0 Å². The van der Waals surface area contributed by atoms with Crippen LogP contribution in [0.15, 0.2) is 47.4 Å². The zero-order valence-corrected chi connectivity index (χ0v) is 17.6. The molecule has 0 heterocycles. The molecule has 0 saturated heterocycles. The van der Waals surface area contributed by atoms with Gasteiger partial charge in [0.05, 0.1) is 20.5 Å². The fourth-order valence-corrected chi connectivity index (χ4v) is 3.54. The van der Waals surface area contributed by atoms with Gasteiger partial charge in [0.1, 0.15) is 6.54 Å². The lowest BCUT2D eigenvalue weighted by Crippen LogP contribution is -2.34. The Morgan fingerprint density at radius 2 is 1.83 bits per heavy atom. The number of anilines is 1. The highest BCUT2D eigenvalue weighted by Gasteiger charge is 2.24. The molecule has 0 spiro atoms. The van der Waals surface area contributed by atoms with E-state index in [1.54, 1.807) is 12.1 Å². The van der Waals surface area contributed by atoms with E-state index in [1.807, 2.05) is 6.92 Å². The van der Waals surface area contributed by atoms with Gasteiger partial charge in [-0.25, -0.2) is 8.42 Å². The van der Waals surface area contributed by atoms with Crippen LogP contribution in [0.2, 0.25) is 5.02 Å². The van der Waals surface area contributed by atoms with E-state index in [-0.39, 0.29) is 21.3 Å². The fourth-order valence-electron chi connectivity index (χ4n) is 2.26. The van der Waals surface area contributed by atoms with E-state index in [9.17, 15) is 28.1 Å². The third-order valence-electron chi connectivity index (χ3n) is 3.88. The number of carbonyl (C=O) groups excluding carboxylic acids is 2. The summed E-state index contributed by atoms with van der Waals surface area (Å²) in [5, 5.41) is 13.1. The number of aryl methyl sites for hydroxylation is 1. The van der Waals surface area contributed by atoms with Crippen LogP contribution in [0.1, 0.15) is 5.56 Å². The Hall–Kier alpha value is -3.02. The number of nitrogens with one attached hydrogen (secondary N) is 1. The summed E-state index contributed by atoms with van der Waals surface area (Å²) in [4.78, 5) is 34.0. The number of likely N-dealkylation sites (N-methyl/N-ethyl adjacent to an activating group) is 1. The van der Waals surface area contributed by atoms with Crippen molar-refractivity contribution in [2.45, 2.75) is 11.8 Å². The Bertz CT molecular complexity index is 1070. The standard InChI is InChI=1S/C18H18ClN3O7S/c1-12-3-6-14(7-4-12)30(27,28)21(2)10-18(24)29-11-17(23)20-16-9-13(22(25)26)5-8-15(16)19/h3-9H,10-11H2,1-2H3,(H,20,23). The van der Waals surface area contributed by atoms with Gasteiger partial charge in [0.25, 0.3) is 11.6 Å². The lowest BCUT2D eigenvalue weighted by Gasteiger charge is -2.16. The topological polar surface area (TPSA) is 136 Å². The molecule has 12 heteroatoms. The van der Waals surface area contributed by atoms with Crippen molar-refractivity contribution < 1.29 is 27.7 Å². The first-order valence-electron chi connectivity index (χ1n) is 8.43. The summed E-state index contributed by atoms with van der Waals surface area (Å²) in [6.07, 6.45) is 0. The molecule has 2 rings (SSSR count). The molecular formula is C18H18ClN3O7S. The van der Waals surface area contributed by atoms with Gasteiger partial charge in [-0.3, -0.25) is 19.7 Å². The van der Waals surface area contributed by atoms with Gasteiger partial charge in [0, 0.05) is 19.2 Å². The maximum atomic E-state index is 12.5. The number of benzene rings is 2. The summed E-state index contributed by atoms with van der Waals surface area (Å²) in [5.41, 5.74) is 0.575. The average Bonchev–Trinajstić information content (AvgIpc) is 2.68. The minimum Gasteiger partial charge on any atom is -0.455 e. The first-order valence-corrected chi connectivity index (χ1v) is 10.2. The minimum absolute atomic E-state index is 0.0152. The number of nitrogens with zero attached hydrogens (tertiary/aromatic N) is 2. The van der Waals surface area contributed by atoms with Crippen LogP contribution in [0.5, 0.6) is 0 Å². The molecule has 0 saturated carbocycles. The first-order chi connectivity index (χ1) is 14.0. The van der Waals surface area contributed by atoms with Crippen LogP contribution in [-0.2, 0) is 24.3 Å². The SMILES string of the molecule is Cc1ccc(S(=O)(=O)N(C)CC(=O)OCC(=O)Nc2cc([N+](=O)[O-])ccc2Cl)cc1. The number of hydrogen-bond acceptors (Lipinski definition) is 7. The Balaban J connectivity index is 1.92. The zero-order valence-electron chi connectivity index (χ0n) is 16.0. The fraction of sp³-hybridized carbons (Fsp3) is 0.222. The van der Waals surface area contributed by atoms with Gasteiger partial charge < -0.3 is 10.1 Å². The van der Waals surface area contributed by atoms with E-state index in [2.05, 4.69) is 5.32 Å². The van der Waals surface area contributed by atoms with E-state index in [1.165, 1.54) is 31.3 Å². The average molecular weight is 456 g/mol. The van der Waals surface area contributed by atoms with Crippen LogP contribution in [-0.4, -0.2) is 49.7 Å². The second kappa shape index (κ2) is 9.65. The molecule has 0 bridgehead atoms. The van der Waals surface area contributed by atoms with Crippen molar-refractivity contribution in [2.75, 3.05) is 25.5 Å². The number of halogens is 1. The summed E-state index contributed by atoms with van der Waals surface area (Å²) >= 11 is 5.88. The molecule has 1 amide bonds. The largest absolute Gasteiger partial charge is 0.455 e. The summed E-state index contributed by atoms with van der Waals surface area (Å²) in [6.45, 7) is 0.473. The Morgan fingerprint density at radius 1 is 1.20 bits per heavy atom. The van der Waals surface area contributed by atoms with Gasteiger partial charge in [0.2, 0.25) is 10.0 Å². The van der Waals surface area contributed by atoms with Crippen molar-refractivity contribution in [2.24, 2.45) is 0 Å². The molecule has 0 aromatic heterocycles. The summed E-state index contributed by atoms with van der Waals surface area (Å²) in [6, 6.07) is 9.56. The van der Waals surface area contributed by atoms with Gasteiger partial charge in [-0.15, -0.1) is 0 Å². The molecule has 10 nitrogen and oxygen atoms in total. The summed E-state index contributed by atoms with van der Waals surface area (Å²) < 4.78 is 30.5. The van der Waals surface area contributed by atoms with Gasteiger partial charge in [-0.05, 0) is 25.1 Å². The number of nitro benzene ring substituents is 1. The van der Waals surface area contributed by atoms with E-state index in [4.69, 9.17) is 16.3 Å². The van der Waals surface area contributed by atoms with Gasteiger partial charge in [0.15, 0.2) is 6.61 Å². The zero-order chi connectivity index (χ0) is 22.5. The molecular weight excluding hydrogens is 438 g/mol. The normalized spacial score (nSPS) is 11.2. The van der Waals surface area contributed by atoms with E-state index < -0.39 is 40.0 Å². The number of sulfonamides is 1. The Labute approximate surface area is 177 Å². The molecule has 30 heavy (non-hydrogen) atoms. The van der Waals surface area contributed by atoms with Crippen molar-refractivity contribution in [1.29, 1.82) is 0 Å². The second-order valence-electron chi connectivity index (χ2n) is 6.20. The number of esters is 1. The molecule has 0 atom stereocenters. The third-order valence-corrected chi connectivity index (χ3v) is 6.03. The third kappa shape index (κ3) is 5.99. The van der Waals surface area contributed by atoms with Crippen LogP contribution in [0.25, 0.3) is 0 Å². The maximum Gasteiger partial charge on any atom is 0.321 e. The highest BCUT2D eigenvalue weighted by atomic mass is 35.5. The van der Waals surface area contributed by atoms with Gasteiger partial charge in [-0.2, -0.15) is 4.31 Å². The first kappa shape index (κ1) is 23.3. The van der Waals surface area contributed by atoms with Crippen molar-refractivity contribution in [3.8, 4) is 0 Å². The van der Waals surface area contributed by atoms with Crippen LogP contribution in [0, 0.1) is 17.0 Å². The predicted molar refractivity (Wildman–Crippen MR) is 109 cm³/mol. The number of rotatable bonds is 8. The molecule has 2 aromatic carbocycles. The predicted octanol–water partition coefficient (Wildman–Crippen LogP) is 2.36. The highest BCUT2D eigenvalue weighted by molar-refractivity contribution is 7.89. The Kier molecular flexibility index (Phi) is 7.48. The number of carbonyl (C=O) groups is 2. The molecule has 1 N–H and O–H groups in total. The summed E-state index contributed by atoms with van der Waals surface area (Å²) in [5.74, 6) is -1.75. The molecule has 0 aliphatic carbocycles. The molecule has 2 aromatic rings. The smallest absolute Gasteiger partial charge is 0.321 e. The number of non-ortho nitro benzene ring substituents is 1. The molecule has 160 valence electrons. The number of amides is 1. The highest BCUT2D eigenvalue weighted by Crippen LogP contribution is 2.26. The van der Waals surface area contributed by atoms with Crippen molar-refractivity contribution in [3.05, 3.63) is 63.2 Å². The lowest BCUT2D eigenvalue weighted by atomic mass is 10.2. The van der Waals surface area contributed by atoms with E-state index in [0.717, 1.165) is 15.9 Å². The number of ether oxygens (including phenoxy) is 1. The number of hydrogen-bond donors (Lipinski definition) is 1. The molecule has 0 radical (unpaired) electrons. The quantitative estimate of drug-likeness (QED) is 0.366. The minimum atomic E-state index is -3.91. The second-order valence-corrected chi connectivity index (χ2v) is 8.66. The van der Waals surface area contributed by atoms with Crippen molar-refractivity contribution in [3.63, 3.8) is 0 Å². The van der Waals surface area contributed by atoms with E-state index in [0.29, 0.717) is 0 Å². The number of nitro groups is 1. The van der Waals surface area contributed by atoms with Crippen molar-refractivity contribution in [1.82, 2.24) is 4.31 Å². The Morgan fingerprint density at radius 3 is 2.43 bits per heavy atom. The molecule has 0 aliphatic heterocycles. The summed E-state index contributed by atoms with van der Waals surface area (Å²) in [7, 11) is -2.70. The van der Waals surface area contributed by atoms with Crippen LogP contribution in [0.4, 0.5) is 11.4 Å². The van der Waals surface area contributed by atoms with Crippen LogP contribution in [0.3, 0.4) is 0 Å². The van der Waals surface area contributed by atoms with Crippen molar-refractivity contribution >= 4 is 44.9 Å². The molecule has 0 fully saturated rings. The molecule has 0 aliphatic rings.